The lowest BCUT2D eigenvalue weighted by Gasteiger charge is -2.21. The summed E-state index contributed by atoms with van der Waals surface area (Å²) in [7, 11) is 3.11. The van der Waals surface area contributed by atoms with Crippen LogP contribution in [0, 0.1) is 0 Å². The Morgan fingerprint density at radius 1 is 1.07 bits per heavy atom. The molecule has 0 saturated carbocycles. The number of halogens is 1. The molecule has 7 heteroatoms. The third-order valence-electron chi connectivity index (χ3n) is 4.06. The van der Waals surface area contributed by atoms with Crippen molar-refractivity contribution in [3.8, 4) is 11.5 Å². The van der Waals surface area contributed by atoms with Crippen LogP contribution >= 0.6 is 11.6 Å². The van der Waals surface area contributed by atoms with Crippen LogP contribution in [0.5, 0.6) is 11.5 Å². The molecule has 0 aliphatic rings. The second-order valence-electron chi connectivity index (χ2n) is 5.90. The third kappa shape index (κ3) is 5.89. The molecular formula is C20H23ClN2O4. The second-order valence-corrected chi connectivity index (χ2v) is 6.33. The number of hydrogen-bond acceptors (Lipinski definition) is 4. The Balaban J connectivity index is 2.02. The molecule has 0 aromatic heterocycles. The summed E-state index contributed by atoms with van der Waals surface area (Å²) in [6, 6.07) is 12.5. The first-order valence-electron chi connectivity index (χ1n) is 8.45. The Hall–Kier alpha value is -2.73. The highest BCUT2D eigenvalue weighted by Gasteiger charge is 2.16. The lowest BCUT2D eigenvalue weighted by Crippen LogP contribution is -2.38. The maximum absolute atomic E-state index is 12.4. The summed E-state index contributed by atoms with van der Waals surface area (Å²) in [5.74, 6) is 0.745. The van der Waals surface area contributed by atoms with E-state index in [1.54, 1.807) is 25.3 Å². The zero-order valence-corrected chi connectivity index (χ0v) is 16.4. The highest BCUT2D eigenvalue weighted by Crippen LogP contribution is 2.27. The van der Waals surface area contributed by atoms with Crippen molar-refractivity contribution in [1.82, 2.24) is 4.90 Å². The van der Waals surface area contributed by atoms with Crippen molar-refractivity contribution >= 4 is 29.1 Å². The molecule has 0 radical (unpaired) electrons. The number of amides is 2. The summed E-state index contributed by atoms with van der Waals surface area (Å²) in [6.07, 6.45) is 0.581. The van der Waals surface area contributed by atoms with Gasteiger partial charge in [0.25, 0.3) is 0 Å². The molecule has 0 unspecified atom stereocenters. The Kier molecular flexibility index (Phi) is 7.49. The molecule has 0 saturated heterocycles. The van der Waals surface area contributed by atoms with Gasteiger partial charge < -0.3 is 19.7 Å². The lowest BCUT2D eigenvalue weighted by atomic mass is 10.1. The number of methoxy groups -OCH3 is 2. The number of carbonyl (C=O) groups excluding carboxylic acids is 2. The van der Waals surface area contributed by atoms with E-state index in [0.29, 0.717) is 29.4 Å². The van der Waals surface area contributed by atoms with Crippen molar-refractivity contribution in [2.75, 3.05) is 32.6 Å². The average Bonchev–Trinajstić information content (AvgIpc) is 2.65. The summed E-state index contributed by atoms with van der Waals surface area (Å²) in [5, 5.41) is 3.22. The molecule has 1 N–H and O–H groups in total. The summed E-state index contributed by atoms with van der Waals surface area (Å²) < 4.78 is 10.5. The van der Waals surface area contributed by atoms with Crippen LogP contribution in [0.15, 0.2) is 42.5 Å². The normalized spacial score (nSPS) is 10.2. The largest absolute Gasteiger partial charge is 0.496 e. The van der Waals surface area contributed by atoms with Gasteiger partial charge in [-0.1, -0.05) is 29.8 Å². The zero-order chi connectivity index (χ0) is 19.8. The average molecular weight is 391 g/mol. The van der Waals surface area contributed by atoms with Crippen LogP contribution in [-0.4, -0.2) is 44.0 Å². The van der Waals surface area contributed by atoms with Crippen molar-refractivity contribution in [2.24, 2.45) is 0 Å². The first-order valence-corrected chi connectivity index (χ1v) is 8.83. The van der Waals surface area contributed by atoms with E-state index < -0.39 is 0 Å². The number of ether oxygens (including phenoxy) is 2. The van der Waals surface area contributed by atoms with E-state index in [-0.39, 0.29) is 18.4 Å². The quantitative estimate of drug-likeness (QED) is 0.750. The van der Waals surface area contributed by atoms with Crippen LogP contribution in [0.1, 0.15) is 12.5 Å². The number of para-hydroxylation sites is 1. The Bertz CT molecular complexity index is 810. The van der Waals surface area contributed by atoms with Crippen LogP contribution in [0.4, 0.5) is 5.69 Å². The summed E-state index contributed by atoms with van der Waals surface area (Å²) in [5.41, 5.74) is 1.44. The molecule has 2 aromatic rings. The Morgan fingerprint density at radius 3 is 2.44 bits per heavy atom. The monoisotopic (exact) mass is 390 g/mol. The summed E-state index contributed by atoms with van der Waals surface area (Å²) >= 11 is 5.98. The van der Waals surface area contributed by atoms with Gasteiger partial charge in [0.2, 0.25) is 11.8 Å². The van der Waals surface area contributed by atoms with E-state index in [1.165, 1.54) is 18.9 Å². The van der Waals surface area contributed by atoms with E-state index in [4.69, 9.17) is 21.1 Å². The maximum atomic E-state index is 12.4. The molecule has 2 rings (SSSR count). The number of rotatable bonds is 8. The molecule has 2 amide bonds. The lowest BCUT2D eigenvalue weighted by molar-refractivity contribution is -0.132. The fourth-order valence-electron chi connectivity index (χ4n) is 2.65. The van der Waals surface area contributed by atoms with E-state index in [1.807, 2.05) is 24.3 Å². The van der Waals surface area contributed by atoms with Gasteiger partial charge in [-0.05, 0) is 36.2 Å². The molecule has 0 heterocycles. The Morgan fingerprint density at radius 2 is 1.78 bits per heavy atom. The van der Waals surface area contributed by atoms with Gasteiger partial charge in [0.15, 0.2) is 0 Å². The number of carbonyl (C=O) groups is 2. The topological polar surface area (TPSA) is 67.9 Å². The molecule has 6 nitrogen and oxygen atoms in total. The predicted molar refractivity (Wildman–Crippen MR) is 106 cm³/mol. The molecule has 0 aliphatic heterocycles. The van der Waals surface area contributed by atoms with Crippen molar-refractivity contribution in [2.45, 2.75) is 13.3 Å². The smallest absolute Gasteiger partial charge is 0.244 e. The van der Waals surface area contributed by atoms with E-state index in [0.717, 1.165) is 11.3 Å². The summed E-state index contributed by atoms with van der Waals surface area (Å²) in [4.78, 5) is 25.9. The van der Waals surface area contributed by atoms with Crippen molar-refractivity contribution in [3.63, 3.8) is 0 Å². The first-order chi connectivity index (χ1) is 12.9. The van der Waals surface area contributed by atoms with Gasteiger partial charge in [-0.2, -0.15) is 0 Å². The van der Waals surface area contributed by atoms with E-state index in [9.17, 15) is 9.59 Å². The van der Waals surface area contributed by atoms with E-state index >= 15 is 0 Å². The number of anilines is 1. The highest BCUT2D eigenvalue weighted by atomic mass is 35.5. The van der Waals surface area contributed by atoms with Gasteiger partial charge >= 0.3 is 0 Å². The second kappa shape index (κ2) is 9.83. The predicted octanol–water partition coefficient (Wildman–Crippen LogP) is 3.39. The fraction of sp³-hybridized carbons (Fsp3) is 0.300. The van der Waals surface area contributed by atoms with Gasteiger partial charge in [-0.15, -0.1) is 0 Å². The number of nitrogens with zero attached hydrogens (tertiary/aromatic N) is 1. The van der Waals surface area contributed by atoms with Crippen molar-refractivity contribution in [1.29, 1.82) is 0 Å². The molecular weight excluding hydrogens is 368 g/mol. The SMILES string of the molecule is COc1ccccc1CCN(CC(=O)Nc1cc(Cl)ccc1OC)C(C)=O. The molecule has 2 aromatic carbocycles. The summed E-state index contributed by atoms with van der Waals surface area (Å²) in [6.45, 7) is 1.77. The van der Waals surface area contributed by atoms with Crippen LogP contribution in [0.25, 0.3) is 0 Å². The minimum atomic E-state index is -0.328. The molecule has 27 heavy (non-hydrogen) atoms. The molecule has 0 aliphatic carbocycles. The number of hydrogen-bond donors (Lipinski definition) is 1. The number of nitrogens with one attached hydrogen (secondary N) is 1. The van der Waals surface area contributed by atoms with Crippen LogP contribution in [0.2, 0.25) is 5.02 Å². The minimum absolute atomic E-state index is 0.0693. The molecule has 0 fully saturated rings. The molecule has 144 valence electrons. The van der Waals surface area contributed by atoms with Gasteiger partial charge in [0, 0.05) is 18.5 Å². The van der Waals surface area contributed by atoms with Crippen molar-refractivity contribution in [3.05, 3.63) is 53.1 Å². The molecule has 0 atom stereocenters. The minimum Gasteiger partial charge on any atom is -0.496 e. The van der Waals surface area contributed by atoms with Crippen LogP contribution in [-0.2, 0) is 16.0 Å². The van der Waals surface area contributed by atoms with Gasteiger partial charge in [0.05, 0.1) is 26.5 Å². The fourth-order valence-corrected chi connectivity index (χ4v) is 2.83. The van der Waals surface area contributed by atoms with Crippen LogP contribution < -0.4 is 14.8 Å². The highest BCUT2D eigenvalue weighted by molar-refractivity contribution is 6.31. The molecule has 0 bridgehead atoms. The van der Waals surface area contributed by atoms with Gasteiger partial charge in [-0.25, -0.2) is 0 Å². The van der Waals surface area contributed by atoms with Gasteiger partial charge in [-0.3, -0.25) is 9.59 Å². The van der Waals surface area contributed by atoms with Gasteiger partial charge in [0.1, 0.15) is 11.5 Å². The standard InChI is InChI=1S/C20H23ClN2O4/c1-14(24)23(11-10-15-6-4-5-7-18(15)26-2)13-20(25)22-17-12-16(21)8-9-19(17)27-3/h4-9,12H,10-11,13H2,1-3H3,(H,22,25). The van der Waals surface area contributed by atoms with Crippen molar-refractivity contribution < 1.29 is 19.1 Å². The van der Waals surface area contributed by atoms with E-state index in [2.05, 4.69) is 5.32 Å². The Labute approximate surface area is 164 Å². The van der Waals surface area contributed by atoms with Crippen LogP contribution in [0.3, 0.4) is 0 Å². The maximum Gasteiger partial charge on any atom is 0.244 e. The number of benzene rings is 2. The third-order valence-corrected chi connectivity index (χ3v) is 4.29. The molecule has 0 spiro atoms. The first kappa shape index (κ1) is 20.6. The zero-order valence-electron chi connectivity index (χ0n) is 15.6.